The van der Waals surface area contributed by atoms with E-state index in [0.717, 1.165) is 5.56 Å². The van der Waals surface area contributed by atoms with E-state index in [-0.39, 0.29) is 5.69 Å². The van der Waals surface area contributed by atoms with E-state index in [9.17, 15) is 4.79 Å². The van der Waals surface area contributed by atoms with Crippen LogP contribution in [0.1, 0.15) is 16.1 Å². The second-order valence-corrected chi connectivity index (χ2v) is 8.25. The van der Waals surface area contributed by atoms with Gasteiger partial charge >= 0.3 is 0 Å². The summed E-state index contributed by atoms with van der Waals surface area (Å²) in [5.41, 5.74) is 1.61. The van der Waals surface area contributed by atoms with Crippen molar-refractivity contribution in [3.8, 4) is 0 Å². The molecule has 7 nitrogen and oxygen atoms in total. The Kier molecular flexibility index (Phi) is 5.42. The van der Waals surface area contributed by atoms with Gasteiger partial charge in [0.2, 0.25) is 0 Å². The summed E-state index contributed by atoms with van der Waals surface area (Å²) in [6.07, 6.45) is 5.09. The van der Waals surface area contributed by atoms with Crippen LogP contribution in [-0.2, 0) is 6.54 Å². The van der Waals surface area contributed by atoms with E-state index in [1.807, 2.05) is 6.07 Å². The summed E-state index contributed by atoms with van der Waals surface area (Å²) in [5.74, 6) is -0.0418. The largest absolute Gasteiger partial charge is 0.303 e. The Morgan fingerprint density at radius 1 is 1.21 bits per heavy atom. The fraction of sp³-hybridized carbons (Fsp3) is 0.0588. The molecule has 1 N–H and O–H groups in total. The SMILES string of the molecule is O=C(Nc1nn(Cc2ccc(Cl)cc2Cl)cc1Br)c1nn2cccnc2c1Br. The molecule has 3 heterocycles. The molecule has 142 valence electrons. The van der Waals surface area contributed by atoms with Crippen molar-refractivity contribution in [1.82, 2.24) is 24.4 Å². The van der Waals surface area contributed by atoms with Gasteiger partial charge in [-0.1, -0.05) is 29.3 Å². The van der Waals surface area contributed by atoms with Crippen LogP contribution in [0.15, 0.2) is 51.8 Å². The number of benzene rings is 1. The highest BCUT2D eigenvalue weighted by molar-refractivity contribution is 9.11. The van der Waals surface area contributed by atoms with Crippen molar-refractivity contribution in [2.24, 2.45) is 0 Å². The van der Waals surface area contributed by atoms with Crippen LogP contribution in [0, 0.1) is 0 Å². The van der Waals surface area contributed by atoms with Crippen LogP contribution in [-0.4, -0.2) is 30.3 Å². The molecule has 0 saturated carbocycles. The molecule has 11 heteroatoms. The number of nitrogens with one attached hydrogen (secondary N) is 1. The van der Waals surface area contributed by atoms with Gasteiger partial charge in [0.1, 0.15) is 0 Å². The van der Waals surface area contributed by atoms with E-state index < -0.39 is 5.91 Å². The molecule has 0 spiro atoms. The van der Waals surface area contributed by atoms with Crippen LogP contribution in [0.2, 0.25) is 10.0 Å². The van der Waals surface area contributed by atoms with Gasteiger partial charge in [-0.05, 0) is 55.6 Å². The molecule has 4 aromatic rings. The zero-order valence-electron chi connectivity index (χ0n) is 13.9. The molecule has 0 bridgehead atoms. The lowest BCUT2D eigenvalue weighted by atomic mass is 10.2. The number of carbonyl (C=O) groups excluding carboxylic acids is 1. The van der Waals surface area contributed by atoms with Crippen LogP contribution in [0.5, 0.6) is 0 Å². The number of carbonyl (C=O) groups is 1. The quantitative estimate of drug-likeness (QED) is 0.390. The molecule has 0 aliphatic heterocycles. The first-order valence-electron chi connectivity index (χ1n) is 7.89. The van der Waals surface area contributed by atoms with Gasteiger partial charge in [0.15, 0.2) is 17.2 Å². The zero-order chi connectivity index (χ0) is 19.8. The minimum absolute atomic E-state index is 0.209. The lowest BCUT2D eigenvalue weighted by molar-refractivity contribution is 0.102. The topological polar surface area (TPSA) is 77.1 Å². The van der Waals surface area contributed by atoms with E-state index >= 15 is 0 Å². The summed E-state index contributed by atoms with van der Waals surface area (Å²) >= 11 is 18.9. The minimum atomic E-state index is -0.409. The number of halogens is 4. The van der Waals surface area contributed by atoms with Crippen LogP contribution in [0.3, 0.4) is 0 Å². The summed E-state index contributed by atoms with van der Waals surface area (Å²) in [6.45, 7) is 0.423. The molecule has 0 unspecified atom stereocenters. The van der Waals surface area contributed by atoms with E-state index in [2.05, 4.69) is 52.4 Å². The number of hydrogen-bond acceptors (Lipinski definition) is 4. The second kappa shape index (κ2) is 7.82. The highest BCUT2D eigenvalue weighted by Crippen LogP contribution is 2.26. The Balaban J connectivity index is 1.56. The van der Waals surface area contributed by atoms with E-state index in [1.54, 1.807) is 41.5 Å². The molecule has 1 aromatic carbocycles. The average Bonchev–Trinajstić information content (AvgIpc) is 3.18. The van der Waals surface area contributed by atoms with Crippen molar-refractivity contribution >= 4 is 72.4 Å². The number of hydrogen-bond donors (Lipinski definition) is 1. The first-order chi connectivity index (χ1) is 13.4. The van der Waals surface area contributed by atoms with Crippen LogP contribution < -0.4 is 5.32 Å². The molecule has 1 amide bonds. The van der Waals surface area contributed by atoms with Crippen molar-refractivity contribution in [3.63, 3.8) is 0 Å². The third kappa shape index (κ3) is 3.80. The Bertz CT molecular complexity index is 1210. The Morgan fingerprint density at radius 3 is 2.79 bits per heavy atom. The van der Waals surface area contributed by atoms with Crippen molar-refractivity contribution in [3.05, 3.63) is 73.1 Å². The summed E-state index contributed by atoms with van der Waals surface area (Å²) < 4.78 is 4.32. The van der Waals surface area contributed by atoms with Crippen LogP contribution >= 0.6 is 55.1 Å². The molecule has 0 saturated heterocycles. The van der Waals surface area contributed by atoms with Crippen molar-refractivity contribution in [2.45, 2.75) is 6.54 Å². The minimum Gasteiger partial charge on any atom is -0.303 e. The van der Waals surface area contributed by atoms with E-state index in [1.165, 1.54) is 4.52 Å². The van der Waals surface area contributed by atoms with E-state index in [0.29, 0.717) is 37.0 Å². The molecule has 0 atom stereocenters. The fourth-order valence-corrected chi connectivity index (χ4v) is 3.98. The zero-order valence-corrected chi connectivity index (χ0v) is 18.6. The molecule has 0 aliphatic rings. The number of rotatable bonds is 4. The maximum atomic E-state index is 12.7. The number of aromatic nitrogens is 5. The van der Waals surface area contributed by atoms with Gasteiger partial charge in [-0.15, -0.1) is 0 Å². The van der Waals surface area contributed by atoms with Crippen molar-refractivity contribution < 1.29 is 4.79 Å². The van der Waals surface area contributed by atoms with Crippen molar-refractivity contribution in [2.75, 3.05) is 5.32 Å². The van der Waals surface area contributed by atoms with Crippen molar-refractivity contribution in [1.29, 1.82) is 0 Å². The number of nitrogens with zero attached hydrogens (tertiary/aromatic N) is 5. The first kappa shape index (κ1) is 19.4. The highest BCUT2D eigenvalue weighted by Gasteiger charge is 2.20. The first-order valence-corrected chi connectivity index (χ1v) is 10.2. The molecule has 0 aliphatic carbocycles. The summed E-state index contributed by atoms with van der Waals surface area (Å²) in [7, 11) is 0. The van der Waals surface area contributed by atoms with Crippen LogP contribution in [0.4, 0.5) is 5.82 Å². The molecule has 4 rings (SSSR count). The van der Waals surface area contributed by atoms with Gasteiger partial charge in [-0.3, -0.25) is 9.48 Å². The van der Waals surface area contributed by atoms with Gasteiger partial charge in [-0.25, -0.2) is 9.50 Å². The van der Waals surface area contributed by atoms with Gasteiger partial charge < -0.3 is 5.32 Å². The molecule has 0 fully saturated rings. The third-order valence-corrected chi connectivity index (χ3v) is 5.75. The predicted molar refractivity (Wildman–Crippen MR) is 114 cm³/mol. The van der Waals surface area contributed by atoms with Gasteiger partial charge in [-0.2, -0.15) is 10.2 Å². The Labute approximate surface area is 185 Å². The average molecular weight is 545 g/mol. The van der Waals surface area contributed by atoms with Gasteiger partial charge in [0.05, 0.1) is 15.5 Å². The van der Waals surface area contributed by atoms with Crippen LogP contribution in [0.25, 0.3) is 5.65 Å². The third-order valence-electron chi connectivity index (χ3n) is 3.85. The molecule has 0 radical (unpaired) electrons. The standard InChI is InChI=1S/C17H10Br2Cl2N6O/c18-11-8-26(7-9-2-3-10(20)6-12(9)21)25-15(11)23-17(28)14-13(19)16-22-4-1-5-27(16)24-14/h1-6,8H,7H2,(H,23,25,28). The molecule has 3 aromatic heterocycles. The molecular weight excluding hydrogens is 535 g/mol. The Morgan fingerprint density at radius 2 is 2.04 bits per heavy atom. The van der Waals surface area contributed by atoms with Gasteiger partial charge in [0, 0.05) is 28.6 Å². The highest BCUT2D eigenvalue weighted by atomic mass is 79.9. The monoisotopic (exact) mass is 542 g/mol. The molecular formula is C17H10Br2Cl2N6O. The summed E-state index contributed by atoms with van der Waals surface area (Å²) in [6, 6.07) is 7.00. The van der Waals surface area contributed by atoms with E-state index in [4.69, 9.17) is 23.2 Å². The number of fused-ring (bicyclic) bond motifs is 1. The smallest absolute Gasteiger partial charge is 0.278 e. The summed E-state index contributed by atoms with van der Waals surface area (Å²) in [4.78, 5) is 16.9. The molecule has 28 heavy (non-hydrogen) atoms. The predicted octanol–water partition coefficient (Wildman–Crippen LogP) is 5.06. The number of amides is 1. The lowest BCUT2D eigenvalue weighted by Gasteiger charge is -2.05. The summed E-state index contributed by atoms with van der Waals surface area (Å²) in [5, 5.41) is 12.5. The normalized spacial score (nSPS) is 11.1. The van der Waals surface area contributed by atoms with Gasteiger partial charge in [0.25, 0.3) is 5.91 Å². The fourth-order valence-electron chi connectivity index (χ4n) is 2.56. The maximum Gasteiger partial charge on any atom is 0.278 e. The number of anilines is 1. The Hall–Kier alpha value is -1.94. The lowest BCUT2D eigenvalue weighted by Crippen LogP contribution is -2.14. The second-order valence-electron chi connectivity index (χ2n) is 5.76. The maximum absolute atomic E-state index is 12.7.